The summed E-state index contributed by atoms with van der Waals surface area (Å²) in [4.78, 5) is 40.4. The van der Waals surface area contributed by atoms with E-state index >= 15 is 0 Å². The predicted molar refractivity (Wildman–Crippen MR) is 112 cm³/mol. The van der Waals surface area contributed by atoms with Gasteiger partial charge in [-0.3, -0.25) is 14.5 Å². The fourth-order valence-electron chi connectivity index (χ4n) is 5.15. The van der Waals surface area contributed by atoms with E-state index < -0.39 is 6.04 Å². The van der Waals surface area contributed by atoms with Crippen molar-refractivity contribution in [3.8, 4) is 0 Å². The summed E-state index contributed by atoms with van der Waals surface area (Å²) in [6.07, 6.45) is 5.07. The number of benzene rings is 2. The van der Waals surface area contributed by atoms with Gasteiger partial charge in [0, 0.05) is 12.2 Å². The molecule has 2 N–H and O–H groups in total. The van der Waals surface area contributed by atoms with Gasteiger partial charge in [-0.15, -0.1) is 0 Å². The maximum absolute atomic E-state index is 13.3. The average molecular weight is 401 g/mol. The summed E-state index contributed by atoms with van der Waals surface area (Å²) in [7, 11) is 0. The number of nitrogens with zero attached hydrogens (tertiary/aromatic N) is 1. The number of carbonyl (C=O) groups is 3. The molecule has 1 heterocycles. The van der Waals surface area contributed by atoms with Gasteiger partial charge in [0.25, 0.3) is 0 Å². The van der Waals surface area contributed by atoms with Gasteiger partial charge < -0.3 is 10.6 Å². The summed E-state index contributed by atoms with van der Waals surface area (Å²) < 4.78 is 0. The van der Waals surface area contributed by atoms with E-state index in [9.17, 15) is 14.4 Å². The van der Waals surface area contributed by atoms with Crippen molar-refractivity contribution >= 4 is 23.5 Å². The SMILES string of the molecule is O=C(NCC(c1ccccc1)N1C(=O)C2C3C=CC(C3)C2C1=O)Nc1ccccc1. The van der Waals surface area contributed by atoms with Crippen LogP contribution in [0.3, 0.4) is 0 Å². The Labute approximate surface area is 175 Å². The number of carbonyl (C=O) groups excluding carboxylic acids is 3. The molecular weight excluding hydrogens is 378 g/mol. The first-order valence-electron chi connectivity index (χ1n) is 10.3. The van der Waals surface area contributed by atoms with Crippen LogP contribution in [0.2, 0.25) is 0 Å². The maximum atomic E-state index is 13.3. The molecule has 152 valence electrons. The fraction of sp³-hybridized carbons (Fsp3) is 0.292. The number of allylic oxidation sites excluding steroid dienone is 2. The lowest BCUT2D eigenvalue weighted by molar-refractivity contribution is -0.143. The summed E-state index contributed by atoms with van der Waals surface area (Å²) in [5, 5.41) is 5.62. The van der Waals surface area contributed by atoms with Gasteiger partial charge in [-0.25, -0.2) is 4.79 Å². The zero-order chi connectivity index (χ0) is 20.7. The van der Waals surface area contributed by atoms with Crippen molar-refractivity contribution in [3.63, 3.8) is 0 Å². The lowest BCUT2D eigenvalue weighted by Gasteiger charge is -2.28. The molecule has 0 aromatic heterocycles. The van der Waals surface area contributed by atoms with Crippen LogP contribution in [0.4, 0.5) is 10.5 Å². The summed E-state index contributed by atoms with van der Waals surface area (Å²) in [6.45, 7) is 0.155. The van der Waals surface area contributed by atoms with E-state index in [0.29, 0.717) is 5.69 Å². The van der Waals surface area contributed by atoms with Crippen LogP contribution in [0.15, 0.2) is 72.8 Å². The number of hydrogen-bond donors (Lipinski definition) is 2. The summed E-state index contributed by atoms with van der Waals surface area (Å²) >= 11 is 0. The number of hydrogen-bond acceptors (Lipinski definition) is 3. The molecule has 3 aliphatic rings. The van der Waals surface area contributed by atoms with Crippen molar-refractivity contribution in [1.29, 1.82) is 0 Å². The normalized spacial score (nSPS) is 27.3. The Hall–Kier alpha value is -3.41. The van der Waals surface area contributed by atoms with Gasteiger partial charge in [0.1, 0.15) is 0 Å². The zero-order valence-corrected chi connectivity index (χ0v) is 16.4. The van der Waals surface area contributed by atoms with Crippen molar-refractivity contribution in [2.75, 3.05) is 11.9 Å². The van der Waals surface area contributed by atoms with E-state index in [1.807, 2.05) is 48.5 Å². The molecule has 6 nitrogen and oxygen atoms in total. The highest BCUT2D eigenvalue weighted by atomic mass is 16.2. The molecule has 1 saturated heterocycles. The van der Waals surface area contributed by atoms with Gasteiger partial charge in [-0.1, -0.05) is 60.7 Å². The number of fused-ring (bicyclic) bond motifs is 5. The first-order valence-corrected chi connectivity index (χ1v) is 10.3. The highest BCUT2D eigenvalue weighted by molar-refractivity contribution is 6.07. The van der Waals surface area contributed by atoms with Crippen molar-refractivity contribution in [2.24, 2.45) is 23.7 Å². The van der Waals surface area contributed by atoms with Gasteiger partial charge in [0.15, 0.2) is 0 Å². The highest BCUT2D eigenvalue weighted by Crippen LogP contribution is 2.53. The number of para-hydroxylation sites is 1. The Morgan fingerprint density at radius 2 is 1.47 bits per heavy atom. The van der Waals surface area contributed by atoms with Crippen molar-refractivity contribution in [2.45, 2.75) is 12.5 Å². The molecule has 5 rings (SSSR count). The fourth-order valence-corrected chi connectivity index (χ4v) is 5.15. The molecule has 1 aliphatic heterocycles. The summed E-state index contributed by atoms with van der Waals surface area (Å²) in [6, 6.07) is 17.7. The molecule has 2 fully saturated rings. The van der Waals surface area contributed by atoms with E-state index in [-0.39, 0.29) is 48.1 Å². The second-order valence-electron chi connectivity index (χ2n) is 8.17. The highest BCUT2D eigenvalue weighted by Gasteiger charge is 2.60. The minimum atomic E-state index is -0.530. The van der Waals surface area contributed by atoms with E-state index in [1.54, 1.807) is 12.1 Å². The van der Waals surface area contributed by atoms with Gasteiger partial charge in [0.2, 0.25) is 11.8 Å². The molecule has 5 unspecified atom stereocenters. The minimum absolute atomic E-state index is 0.110. The van der Waals surface area contributed by atoms with Crippen LogP contribution < -0.4 is 10.6 Å². The number of imide groups is 1. The standard InChI is InChI=1S/C24H23N3O3/c28-22-20-16-11-12-17(13-16)21(20)23(29)27(22)19(15-7-3-1-4-8-15)14-25-24(30)26-18-9-5-2-6-10-18/h1-12,16-17,19-21H,13-14H2,(H2,25,26,30). The Morgan fingerprint density at radius 1 is 0.900 bits per heavy atom. The van der Waals surface area contributed by atoms with E-state index in [4.69, 9.17) is 0 Å². The number of urea groups is 1. The largest absolute Gasteiger partial charge is 0.335 e. The van der Waals surface area contributed by atoms with Gasteiger partial charge in [-0.2, -0.15) is 0 Å². The third-order valence-corrected chi connectivity index (χ3v) is 6.49. The average Bonchev–Trinajstić information content (AvgIpc) is 3.45. The molecule has 2 aromatic carbocycles. The van der Waals surface area contributed by atoms with E-state index in [1.165, 1.54) is 4.90 Å². The Morgan fingerprint density at radius 3 is 2.07 bits per heavy atom. The molecule has 4 amide bonds. The molecule has 2 aromatic rings. The Balaban J connectivity index is 1.36. The summed E-state index contributed by atoms with van der Waals surface area (Å²) in [5.41, 5.74) is 1.51. The molecule has 5 atom stereocenters. The molecule has 2 bridgehead atoms. The first kappa shape index (κ1) is 18.6. The number of nitrogens with one attached hydrogen (secondary N) is 2. The Kier molecular flexibility index (Phi) is 4.62. The second kappa shape index (κ2) is 7.44. The van der Waals surface area contributed by atoms with Crippen molar-refractivity contribution < 1.29 is 14.4 Å². The number of anilines is 1. The van der Waals surface area contributed by atoms with Crippen LogP contribution in [0.25, 0.3) is 0 Å². The maximum Gasteiger partial charge on any atom is 0.319 e. The zero-order valence-electron chi connectivity index (χ0n) is 16.4. The number of amides is 4. The second-order valence-corrected chi connectivity index (χ2v) is 8.17. The van der Waals surface area contributed by atoms with E-state index in [0.717, 1.165) is 12.0 Å². The van der Waals surface area contributed by atoms with Crippen LogP contribution in [0.5, 0.6) is 0 Å². The third-order valence-electron chi connectivity index (χ3n) is 6.49. The molecule has 6 heteroatoms. The van der Waals surface area contributed by atoms with Crippen LogP contribution in [0.1, 0.15) is 18.0 Å². The van der Waals surface area contributed by atoms with Crippen LogP contribution in [-0.4, -0.2) is 29.3 Å². The Bertz CT molecular complexity index is 975. The quantitative estimate of drug-likeness (QED) is 0.596. The number of rotatable bonds is 5. The predicted octanol–water partition coefficient (Wildman–Crippen LogP) is 3.36. The monoisotopic (exact) mass is 401 g/mol. The molecule has 2 aliphatic carbocycles. The summed E-state index contributed by atoms with van der Waals surface area (Å²) in [5.74, 6) is -0.407. The van der Waals surface area contributed by atoms with Crippen LogP contribution in [-0.2, 0) is 9.59 Å². The molecular formula is C24H23N3O3. The third kappa shape index (κ3) is 3.09. The molecule has 0 radical (unpaired) electrons. The lowest BCUT2D eigenvalue weighted by atomic mass is 9.85. The molecule has 1 saturated carbocycles. The minimum Gasteiger partial charge on any atom is -0.335 e. The van der Waals surface area contributed by atoms with Gasteiger partial charge in [0.05, 0.1) is 17.9 Å². The van der Waals surface area contributed by atoms with Crippen LogP contribution >= 0.6 is 0 Å². The van der Waals surface area contributed by atoms with Crippen molar-refractivity contribution in [3.05, 3.63) is 78.4 Å². The molecule has 30 heavy (non-hydrogen) atoms. The lowest BCUT2D eigenvalue weighted by Crippen LogP contribution is -2.43. The number of likely N-dealkylation sites (tertiary alicyclic amines) is 1. The topological polar surface area (TPSA) is 78.5 Å². The van der Waals surface area contributed by atoms with Crippen molar-refractivity contribution in [1.82, 2.24) is 10.2 Å². The van der Waals surface area contributed by atoms with Gasteiger partial charge >= 0.3 is 6.03 Å². The first-order chi connectivity index (χ1) is 14.6. The molecule has 0 spiro atoms. The smallest absolute Gasteiger partial charge is 0.319 e. The van der Waals surface area contributed by atoms with E-state index in [2.05, 4.69) is 22.8 Å². The van der Waals surface area contributed by atoms with Crippen LogP contribution in [0, 0.1) is 23.7 Å². The van der Waals surface area contributed by atoms with Gasteiger partial charge in [-0.05, 0) is 36.0 Å².